The van der Waals surface area contributed by atoms with Gasteiger partial charge in [-0.05, 0) is 47.5 Å². The maximum Gasteiger partial charge on any atom is 0.329 e. The number of hydrogen-bond donors (Lipinski definition) is 3. The Morgan fingerprint density at radius 1 is 1.05 bits per heavy atom. The molecule has 2 rings (SSSR count). The van der Waals surface area contributed by atoms with Crippen LogP contribution in [0.15, 0.2) is 42.5 Å². The van der Waals surface area contributed by atoms with Crippen molar-refractivity contribution in [2.45, 2.75) is 77.6 Å². The number of nitrogens with one attached hydrogen (secondary N) is 1. The summed E-state index contributed by atoms with van der Waals surface area (Å²) in [4.78, 5) is 71.4. The molecule has 1 aliphatic rings. The number of ether oxygens (including phenoxy) is 2. The minimum absolute atomic E-state index is 0.143. The molecule has 12 nitrogen and oxygen atoms in total. The number of benzene rings is 1. The number of hydrogen-bond acceptors (Lipinski definition) is 9. The Morgan fingerprint density at radius 2 is 1.62 bits per heavy atom. The second-order valence-corrected chi connectivity index (χ2v) is 9.92. The molecule has 0 bridgehead atoms. The van der Waals surface area contributed by atoms with Gasteiger partial charge < -0.3 is 24.6 Å². The lowest BCUT2D eigenvalue weighted by atomic mass is 10.0. The first-order valence-electron chi connectivity index (χ1n) is 12.8. The van der Waals surface area contributed by atoms with E-state index < -0.39 is 47.6 Å². The predicted octanol–water partition coefficient (Wildman–Crippen LogP) is 2.21. The molecule has 0 aromatic heterocycles. The number of nitrogens with zero attached hydrogens (tertiary/aromatic N) is 1. The van der Waals surface area contributed by atoms with Gasteiger partial charge in [-0.2, -0.15) is 0 Å². The molecule has 0 saturated carbocycles. The summed E-state index contributed by atoms with van der Waals surface area (Å²) in [5.74, 6) is -4.10. The third-order valence-corrected chi connectivity index (χ3v) is 5.46. The lowest BCUT2D eigenvalue weighted by Gasteiger charge is -2.30. The number of esters is 2. The zero-order chi connectivity index (χ0) is 30.5. The zero-order valence-electron chi connectivity index (χ0n) is 23.4. The van der Waals surface area contributed by atoms with Crippen LogP contribution in [0, 0.1) is 0 Å². The van der Waals surface area contributed by atoms with E-state index in [1.54, 1.807) is 65.0 Å². The molecule has 1 aromatic carbocycles. The number of carboxylic acid groups (broad SMARTS) is 2. The van der Waals surface area contributed by atoms with Crippen LogP contribution in [0.25, 0.3) is 0 Å². The van der Waals surface area contributed by atoms with E-state index in [-0.39, 0.29) is 24.7 Å². The summed E-state index contributed by atoms with van der Waals surface area (Å²) in [6.07, 6.45) is 2.19. The molecule has 12 heteroatoms. The van der Waals surface area contributed by atoms with Gasteiger partial charge in [-0.3, -0.25) is 19.7 Å². The highest BCUT2D eigenvalue weighted by Gasteiger charge is 2.39. The molecule has 1 aromatic rings. The van der Waals surface area contributed by atoms with Gasteiger partial charge in [0.25, 0.3) is 0 Å². The van der Waals surface area contributed by atoms with E-state index in [0.717, 1.165) is 0 Å². The van der Waals surface area contributed by atoms with Crippen molar-refractivity contribution >= 4 is 35.6 Å². The first-order chi connectivity index (χ1) is 18.7. The largest absolute Gasteiger partial charge is 0.478 e. The van der Waals surface area contributed by atoms with Crippen LogP contribution in [0.2, 0.25) is 0 Å². The molecule has 1 fully saturated rings. The number of likely N-dealkylation sites (tertiary alicyclic amines) is 1. The Balaban J connectivity index is 0.000000869. The van der Waals surface area contributed by atoms with Crippen molar-refractivity contribution in [3.8, 4) is 0 Å². The quantitative estimate of drug-likeness (QED) is 0.205. The Kier molecular flexibility index (Phi) is 13.7. The van der Waals surface area contributed by atoms with Gasteiger partial charge >= 0.3 is 23.9 Å². The summed E-state index contributed by atoms with van der Waals surface area (Å²) in [7, 11) is 0. The highest BCUT2D eigenvalue weighted by atomic mass is 16.6. The summed E-state index contributed by atoms with van der Waals surface area (Å²) < 4.78 is 10.6. The maximum absolute atomic E-state index is 13.1. The molecule has 40 heavy (non-hydrogen) atoms. The SMILES string of the molecule is CCOC(=O)[C@H](CC(=O)c1ccccc1)N[C@@H](C)C(=O)N1CCC[C@H]1C(=O)OC(C)(C)C.O=C(O)/C=C\C(=O)O. The van der Waals surface area contributed by atoms with E-state index >= 15 is 0 Å². The molecule has 0 aliphatic carbocycles. The molecular formula is C28H38N2O10. The highest BCUT2D eigenvalue weighted by Crippen LogP contribution is 2.22. The van der Waals surface area contributed by atoms with E-state index in [1.165, 1.54) is 4.90 Å². The summed E-state index contributed by atoms with van der Waals surface area (Å²) in [6, 6.07) is 6.21. The molecule has 1 amide bonds. The van der Waals surface area contributed by atoms with Crippen LogP contribution in [0.4, 0.5) is 0 Å². The van der Waals surface area contributed by atoms with Gasteiger partial charge in [-0.1, -0.05) is 30.3 Å². The number of Topliss-reactive ketones (excluding diaryl/α,β-unsaturated/α-hetero) is 1. The van der Waals surface area contributed by atoms with Gasteiger partial charge in [0, 0.05) is 30.7 Å². The van der Waals surface area contributed by atoms with E-state index in [4.69, 9.17) is 19.7 Å². The van der Waals surface area contributed by atoms with Crippen molar-refractivity contribution < 1.29 is 48.5 Å². The standard InChI is InChI=1S/C24H34N2O6.C4H4O4/c1-6-31-22(29)18(15-20(27)17-11-8-7-9-12-17)25-16(2)21(28)26-14-10-13-19(26)23(30)32-24(3,4)5;5-3(6)1-2-4(7)8/h7-9,11-12,16,18-19,25H,6,10,13-15H2,1-5H3;1-2H,(H,5,6)(H,7,8)/b;2-1-/t16-,18-,19-;/m0./s1. The van der Waals surface area contributed by atoms with Gasteiger partial charge in [0.2, 0.25) is 5.91 Å². The van der Waals surface area contributed by atoms with Crippen molar-refractivity contribution in [1.82, 2.24) is 10.2 Å². The van der Waals surface area contributed by atoms with Crippen LogP contribution in [0.3, 0.4) is 0 Å². The van der Waals surface area contributed by atoms with Crippen molar-refractivity contribution in [2.24, 2.45) is 0 Å². The van der Waals surface area contributed by atoms with Crippen LogP contribution in [0.1, 0.15) is 64.2 Å². The number of amides is 1. The van der Waals surface area contributed by atoms with Crippen LogP contribution in [-0.4, -0.2) is 87.6 Å². The van der Waals surface area contributed by atoms with Crippen LogP contribution >= 0.6 is 0 Å². The topological polar surface area (TPSA) is 177 Å². The predicted molar refractivity (Wildman–Crippen MR) is 143 cm³/mol. The third-order valence-electron chi connectivity index (χ3n) is 5.46. The zero-order valence-corrected chi connectivity index (χ0v) is 23.4. The van der Waals surface area contributed by atoms with E-state index in [9.17, 15) is 28.8 Å². The Labute approximate surface area is 233 Å². The maximum atomic E-state index is 13.1. The van der Waals surface area contributed by atoms with Crippen LogP contribution < -0.4 is 5.32 Å². The monoisotopic (exact) mass is 562 g/mol. The second-order valence-electron chi connectivity index (χ2n) is 9.92. The Hall–Kier alpha value is -4.06. The molecule has 220 valence electrons. The number of carbonyl (C=O) groups excluding carboxylic acids is 4. The van der Waals surface area contributed by atoms with E-state index in [2.05, 4.69) is 5.32 Å². The number of ketones is 1. The van der Waals surface area contributed by atoms with Gasteiger partial charge in [0.05, 0.1) is 12.6 Å². The fourth-order valence-corrected chi connectivity index (χ4v) is 3.79. The molecular weight excluding hydrogens is 524 g/mol. The van der Waals surface area contributed by atoms with Gasteiger partial charge in [0.1, 0.15) is 17.7 Å². The molecule has 0 spiro atoms. The summed E-state index contributed by atoms with van der Waals surface area (Å²) in [6.45, 7) is 9.23. The number of aliphatic carboxylic acids is 2. The van der Waals surface area contributed by atoms with Gasteiger partial charge in [-0.15, -0.1) is 0 Å². The molecule has 0 radical (unpaired) electrons. The average molecular weight is 563 g/mol. The third kappa shape index (κ3) is 12.2. The summed E-state index contributed by atoms with van der Waals surface area (Å²) >= 11 is 0. The van der Waals surface area contributed by atoms with Gasteiger partial charge in [-0.25, -0.2) is 14.4 Å². The minimum Gasteiger partial charge on any atom is -0.478 e. The van der Waals surface area contributed by atoms with E-state index in [0.29, 0.717) is 37.1 Å². The Morgan fingerprint density at radius 3 is 2.12 bits per heavy atom. The first kappa shape index (κ1) is 34.0. The second kappa shape index (κ2) is 16.1. The molecule has 0 unspecified atom stereocenters. The fraction of sp³-hybridized carbons (Fsp3) is 0.500. The lowest BCUT2D eigenvalue weighted by Crippen LogP contribution is -2.54. The van der Waals surface area contributed by atoms with Crippen LogP contribution in [-0.2, 0) is 33.4 Å². The number of carboxylic acids is 2. The van der Waals surface area contributed by atoms with Crippen molar-refractivity contribution in [3.05, 3.63) is 48.0 Å². The van der Waals surface area contributed by atoms with Crippen molar-refractivity contribution in [1.29, 1.82) is 0 Å². The summed E-state index contributed by atoms with van der Waals surface area (Å²) in [5, 5.41) is 18.6. The van der Waals surface area contributed by atoms with Gasteiger partial charge in [0.15, 0.2) is 5.78 Å². The molecule has 3 atom stereocenters. The smallest absolute Gasteiger partial charge is 0.329 e. The first-order valence-corrected chi connectivity index (χ1v) is 12.8. The van der Waals surface area contributed by atoms with Crippen molar-refractivity contribution in [2.75, 3.05) is 13.2 Å². The minimum atomic E-state index is -1.26. The van der Waals surface area contributed by atoms with Crippen molar-refractivity contribution in [3.63, 3.8) is 0 Å². The molecule has 1 saturated heterocycles. The fourth-order valence-electron chi connectivity index (χ4n) is 3.79. The molecule has 1 heterocycles. The van der Waals surface area contributed by atoms with E-state index in [1.807, 2.05) is 0 Å². The normalized spacial score (nSPS) is 16.3. The highest BCUT2D eigenvalue weighted by molar-refractivity contribution is 5.99. The average Bonchev–Trinajstić information content (AvgIpc) is 3.37. The molecule has 3 N–H and O–H groups in total. The molecule has 1 aliphatic heterocycles. The van der Waals surface area contributed by atoms with Crippen LogP contribution in [0.5, 0.6) is 0 Å². The summed E-state index contributed by atoms with van der Waals surface area (Å²) in [5.41, 5.74) is -0.169. The lowest BCUT2D eigenvalue weighted by molar-refractivity contribution is -0.163. The Bertz CT molecular complexity index is 1060. The number of carbonyl (C=O) groups is 6. The number of rotatable bonds is 11.